The molecule has 1 amide bonds. The highest BCUT2D eigenvalue weighted by Crippen LogP contribution is 2.29. The zero-order valence-corrected chi connectivity index (χ0v) is 19.2. The molecule has 0 saturated heterocycles. The summed E-state index contributed by atoms with van der Waals surface area (Å²) in [6.45, 7) is 5.38. The predicted octanol–water partition coefficient (Wildman–Crippen LogP) is 2.82. The zero-order valence-electron chi connectivity index (χ0n) is 18.3. The number of pyridine rings is 1. The van der Waals surface area contributed by atoms with E-state index < -0.39 is 27.3 Å². The second-order valence-electron chi connectivity index (χ2n) is 8.59. The molecule has 0 aliphatic carbocycles. The van der Waals surface area contributed by atoms with Crippen molar-refractivity contribution >= 4 is 32.7 Å². The highest BCUT2D eigenvalue weighted by molar-refractivity contribution is 7.89. The third-order valence-corrected chi connectivity index (χ3v) is 6.28. The molecule has 1 aliphatic rings. The van der Waals surface area contributed by atoms with Crippen LogP contribution in [0, 0.1) is 12.7 Å². The van der Waals surface area contributed by atoms with Crippen molar-refractivity contribution in [1.29, 1.82) is 0 Å². The SMILES string of the molecule is Cc1cc(C(=O)NC(C)(C)COc2cccc3c2C(N)=NS(=O)(=O)C3)c2cc(F)ccc2n1. The fourth-order valence-electron chi connectivity index (χ4n) is 3.72. The number of fused-ring (bicyclic) bond motifs is 2. The lowest BCUT2D eigenvalue weighted by Crippen LogP contribution is -2.48. The Hall–Kier alpha value is -3.53. The normalized spacial score (nSPS) is 15.0. The molecule has 0 unspecified atom stereocenters. The smallest absolute Gasteiger partial charge is 0.259 e. The van der Waals surface area contributed by atoms with E-state index in [1.807, 2.05) is 0 Å². The first-order chi connectivity index (χ1) is 15.4. The number of hydrogen-bond donors (Lipinski definition) is 2. The van der Waals surface area contributed by atoms with Crippen LogP contribution in [-0.2, 0) is 15.8 Å². The van der Waals surface area contributed by atoms with Crippen molar-refractivity contribution in [3.8, 4) is 5.75 Å². The maximum absolute atomic E-state index is 13.8. The number of rotatable bonds is 5. The van der Waals surface area contributed by atoms with Gasteiger partial charge in [-0.1, -0.05) is 12.1 Å². The van der Waals surface area contributed by atoms with Crippen molar-refractivity contribution < 1.29 is 22.3 Å². The van der Waals surface area contributed by atoms with Gasteiger partial charge in [0.25, 0.3) is 15.9 Å². The topological polar surface area (TPSA) is 124 Å². The highest BCUT2D eigenvalue weighted by atomic mass is 32.2. The predicted molar refractivity (Wildman–Crippen MR) is 123 cm³/mol. The molecule has 33 heavy (non-hydrogen) atoms. The Labute approximate surface area is 190 Å². The van der Waals surface area contributed by atoms with Gasteiger partial charge in [-0.2, -0.15) is 0 Å². The first-order valence-corrected chi connectivity index (χ1v) is 11.8. The number of aryl methyl sites for hydroxylation is 1. The van der Waals surface area contributed by atoms with Crippen LogP contribution in [0.4, 0.5) is 4.39 Å². The molecule has 0 atom stereocenters. The van der Waals surface area contributed by atoms with Crippen LogP contribution < -0.4 is 15.8 Å². The molecule has 0 fully saturated rings. The molecule has 1 aromatic heterocycles. The molecular weight excluding hydrogens is 447 g/mol. The van der Waals surface area contributed by atoms with Crippen molar-refractivity contribution in [3.05, 3.63) is 70.7 Å². The monoisotopic (exact) mass is 470 g/mol. The van der Waals surface area contributed by atoms with Gasteiger partial charge in [-0.05, 0) is 56.7 Å². The molecule has 10 heteroatoms. The number of hydrogen-bond acceptors (Lipinski definition) is 6. The number of halogens is 1. The maximum Gasteiger partial charge on any atom is 0.259 e. The van der Waals surface area contributed by atoms with Gasteiger partial charge in [-0.3, -0.25) is 9.78 Å². The van der Waals surface area contributed by atoms with E-state index in [4.69, 9.17) is 10.5 Å². The minimum atomic E-state index is -3.66. The summed E-state index contributed by atoms with van der Waals surface area (Å²) in [7, 11) is -3.66. The van der Waals surface area contributed by atoms with E-state index in [1.54, 1.807) is 45.0 Å². The van der Waals surface area contributed by atoms with E-state index in [1.165, 1.54) is 18.2 Å². The number of nitrogens with two attached hydrogens (primary N) is 1. The number of amidine groups is 1. The fraction of sp³-hybridized carbons (Fsp3) is 0.261. The molecule has 3 N–H and O–H groups in total. The number of nitrogens with one attached hydrogen (secondary N) is 1. The van der Waals surface area contributed by atoms with Crippen molar-refractivity contribution in [1.82, 2.24) is 10.3 Å². The number of carbonyl (C=O) groups is 1. The minimum absolute atomic E-state index is 0.0611. The van der Waals surface area contributed by atoms with E-state index in [2.05, 4.69) is 14.7 Å². The number of amides is 1. The van der Waals surface area contributed by atoms with Crippen LogP contribution >= 0.6 is 0 Å². The van der Waals surface area contributed by atoms with Crippen LogP contribution in [0.1, 0.15) is 41.0 Å². The second kappa shape index (κ2) is 8.11. The summed E-state index contributed by atoms with van der Waals surface area (Å²) in [6.07, 6.45) is 0. The number of aromatic nitrogens is 1. The van der Waals surface area contributed by atoms with Gasteiger partial charge in [0.15, 0.2) is 0 Å². The van der Waals surface area contributed by atoms with Crippen molar-refractivity contribution in [3.63, 3.8) is 0 Å². The summed E-state index contributed by atoms with van der Waals surface area (Å²) in [5.74, 6) is -0.870. The molecule has 172 valence electrons. The van der Waals surface area contributed by atoms with Crippen molar-refractivity contribution in [2.45, 2.75) is 32.1 Å². The zero-order chi connectivity index (χ0) is 24.0. The first kappa shape index (κ1) is 22.7. The van der Waals surface area contributed by atoms with E-state index in [-0.39, 0.29) is 18.2 Å². The van der Waals surface area contributed by atoms with E-state index in [0.29, 0.717) is 39.0 Å². The summed E-state index contributed by atoms with van der Waals surface area (Å²) in [5, 5.41) is 3.33. The van der Waals surface area contributed by atoms with Crippen molar-refractivity contribution in [2.75, 3.05) is 6.61 Å². The van der Waals surface area contributed by atoms with Gasteiger partial charge < -0.3 is 15.8 Å². The molecule has 1 aliphatic heterocycles. The Balaban J connectivity index is 1.56. The van der Waals surface area contributed by atoms with E-state index in [9.17, 15) is 17.6 Å². The van der Waals surface area contributed by atoms with E-state index in [0.717, 1.165) is 0 Å². The van der Waals surface area contributed by atoms with Gasteiger partial charge in [-0.25, -0.2) is 12.8 Å². The molecular formula is C23H23FN4O4S. The molecule has 0 saturated carbocycles. The summed E-state index contributed by atoms with van der Waals surface area (Å²) in [5.41, 5.74) is 7.45. The maximum atomic E-state index is 13.8. The van der Waals surface area contributed by atoms with E-state index >= 15 is 0 Å². The highest BCUT2D eigenvalue weighted by Gasteiger charge is 2.28. The van der Waals surface area contributed by atoms with Crippen LogP contribution in [-0.4, -0.2) is 37.3 Å². The summed E-state index contributed by atoms with van der Waals surface area (Å²) >= 11 is 0. The lowest BCUT2D eigenvalue weighted by atomic mass is 10.0. The minimum Gasteiger partial charge on any atom is -0.490 e. The first-order valence-electron chi connectivity index (χ1n) is 10.2. The molecule has 4 rings (SSSR count). The molecule has 0 bridgehead atoms. The quantitative estimate of drug-likeness (QED) is 0.591. The van der Waals surface area contributed by atoms with Crippen LogP contribution in [0.25, 0.3) is 10.9 Å². The third kappa shape index (κ3) is 4.80. The standard InChI is InChI=1S/C23H23FN4O4S/c1-13-9-17(16-10-15(24)7-8-18(16)26-13)22(29)27-23(2,3)12-32-19-6-4-5-14-11-33(30,31)28-21(25)20(14)19/h4-10H,11-12H2,1-3H3,(H2,25,28)(H,27,29). The Morgan fingerprint density at radius 1 is 1.24 bits per heavy atom. The average molecular weight is 471 g/mol. The summed E-state index contributed by atoms with van der Waals surface area (Å²) < 4.78 is 47.0. The fourth-order valence-corrected chi connectivity index (χ4v) is 4.81. The van der Waals surface area contributed by atoms with Crippen LogP contribution in [0.3, 0.4) is 0 Å². The Bertz CT molecular complexity index is 1420. The Morgan fingerprint density at radius 3 is 2.76 bits per heavy atom. The lowest BCUT2D eigenvalue weighted by molar-refractivity contribution is 0.0882. The molecule has 2 heterocycles. The van der Waals surface area contributed by atoms with Gasteiger partial charge in [0.1, 0.15) is 24.0 Å². The molecule has 8 nitrogen and oxygen atoms in total. The number of sulfonamides is 1. The van der Waals surface area contributed by atoms with Crippen LogP contribution in [0.2, 0.25) is 0 Å². The second-order valence-corrected chi connectivity index (χ2v) is 10.2. The van der Waals surface area contributed by atoms with Crippen LogP contribution in [0.15, 0.2) is 46.9 Å². The number of nitrogens with zero attached hydrogens (tertiary/aromatic N) is 2. The largest absolute Gasteiger partial charge is 0.490 e. The van der Waals surface area contributed by atoms with Crippen molar-refractivity contribution in [2.24, 2.45) is 10.1 Å². The molecule has 3 aromatic rings. The van der Waals surface area contributed by atoms with Gasteiger partial charge in [0, 0.05) is 11.1 Å². The average Bonchev–Trinajstić information content (AvgIpc) is 2.70. The lowest BCUT2D eigenvalue weighted by Gasteiger charge is -2.28. The molecule has 2 aromatic carbocycles. The van der Waals surface area contributed by atoms with Gasteiger partial charge in [-0.15, -0.1) is 4.40 Å². The van der Waals surface area contributed by atoms with Gasteiger partial charge >= 0.3 is 0 Å². The third-order valence-electron chi connectivity index (χ3n) is 5.13. The van der Waals surface area contributed by atoms with Gasteiger partial charge in [0.05, 0.1) is 27.9 Å². The summed E-state index contributed by atoms with van der Waals surface area (Å²) in [4.78, 5) is 17.4. The van der Waals surface area contributed by atoms with Gasteiger partial charge in [0.2, 0.25) is 0 Å². The Kier molecular flexibility index (Phi) is 5.57. The number of benzene rings is 2. The van der Waals surface area contributed by atoms with Crippen LogP contribution in [0.5, 0.6) is 5.75 Å². The number of carbonyl (C=O) groups excluding carboxylic acids is 1. The Morgan fingerprint density at radius 2 is 2.00 bits per heavy atom. The number of ether oxygens (including phenoxy) is 1. The molecule has 0 radical (unpaired) electrons. The summed E-state index contributed by atoms with van der Waals surface area (Å²) in [6, 6.07) is 10.7. The molecule has 0 spiro atoms.